The lowest BCUT2D eigenvalue weighted by atomic mass is 9.93. The Labute approximate surface area is 167 Å². The molecule has 1 aliphatic rings. The van der Waals surface area contributed by atoms with Gasteiger partial charge in [-0.05, 0) is 52.2 Å². The molecule has 4 rings (SSSR count). The minimum atomic E-state index is -0.350. The smallest absolute Gasteiger partial charge is 0.226 e. The fourth-order valence-electron chi connectivity index (χ4n) is 3.57. The summed E-state index contributed by atoms with van der Waals surface area (Å²) in [5.41, 5.74) is 4.28. The molecule has 2 heterocycles. The number of nitrogens with zero attached hydrogens (tertiary/aromatic N) is 5. The Morgan fingerprint density at radius 3 is 2.72 bits per heavy atom. The summed E-state index contributed by atoms with van der Waals surface area (Å²) in [7, 11) is 0. The van der Waals surface area contributed by atoms with Crippen molar-refractivity contribution in [1.82, 2.24) is 25.1 Å². The molecule has 0 radical (unpaired) electrons. The Hall–Kier alpha value is -3.81. The number of nitrogens with one attached hydrogen (secondary N) is 1. The van der Waals surface area contributed by atoms with Crippen LogP contribution >= 0.6 is 0 Å². The van der Waals surface area contributed by atoms with Gasteiger partial charge in [-0.15, -0.1) is 5.10 Å². The molecule has 0 aliphatic carbocycles. The standard InChI is InChI=1S/C21H20N6O2/c1-14-18(8-5-9-19(14)27-13-22-24-25-27)23-21(29)12-20-17-7-4-3-6-16(17)10-11-26(20)15(2)28/h3-11,13,20H,12H2,1-2H3,(H,23,29)/t20-/m0/s1. The molecule has 2 amide bonds. The van der Waals surface area contributed by atoms with Gasteiger partial charge in [0.1, 0.15) is 6.33 Å². The van der Waals surface area contributed by atoms with Crippen molar-refractivity contribution in [3.8, 4) is 5.69 Å². The van der Waals surface area contributed by atoms with Gasteiger partial charge in [-0.3, -0.25) is 9.59 Å². The highest BCUT2D eigenvalue weighted by atomic mass is 16.2. The van der Waals surface area contributed by atoms with Crippen LogP contribution in [0.25, 0.3) is 11.8 Å². The second-order valence-electron chi connectivity index (χ2n) is 6.84. The Bertz CT molecular complexity index is 1090. The molecule has 29 heavy (non-hydrogen) atoms. The van der Waals surface area contributed by atoms with Crippen LogP contribution in [-0.4, -0.2) is 36.9 Å². The fourth-order valence-corrected chi connectivity index (χ4v) is 3.57. The Morgan fingerprint density at radius 1 is 1.14 bits per heavy atom. The first-order valence-corrected chi connectivity index (χ1v) is 9.23. The van der Waals surface area contributed by atoms with Gasteiger partial charge in [0.25, 0.3) is 0 Å². The number of tetrazole rings is 1. The quantitative estimate of drug-likeness (QED) is 0.742. The zero-order chi connectivity index (χ0) is 20.4. The second kappa shape index (κ2) is 7.67. The van der Waals surface area contributed by atoms with E-state index in [0.29, 0.717) is 5.69 Å². The van der Waals surface area contributed by atoms with Crippen molar-refractivity contribution in [3.05, 3.63) is 71.7 Å². The Balaban J connectivity index is 1.57. The van der Waals surface area contributed by atoms with E-state index in [1.165, 1.54) is 13.3 Å². The first-order chi connectivity index (χ1) is 14.0. The Kier molecular flexibility index (Phi) is 4.90. The number of anilines is 1. The highest BCUT2D eigenvalue weighted by molar-refractivity contribution is 5.93. The summed E-state index contributed by atoms with van der Waals surface area (Å²) < 4.78 is 1.55. The number of benzene rings is 2. The minimum Gasteiger partial charge on any atom is -0.326 e. The number of hydrogen-bond acceptors (Lipinski definition) is 5. The van der Waals surface area contributed by atoms with Crippen molar-refractivity contribution in [2.75, 3.05) is 5.32 Å². The number of fused-ring (bicyclic) bond motifs is 1. The van der Waals surface area contributed by atoms with Crippen LogP contribution in [0.4, 0.5) is 5.69 Å². The van der Waals surface area contributed by atoms with E-state index in [4.69, 9.17) is 0 Å². The molecule has 0 fully saturated rings. The van der Waals surface area contributed by atoms with E-state index in [1.807, 2.05) is 55.5 Å². The summed E-state index contributed by atoms with van der Waals surface area (Å²) in [5.74, 6) is -0.284. The Morgan fingerprint density at radius 2 is 1.97 bits per heavy atom. The average molecular weight is 388 g/mol. The van der Waals surface area contributed by atoms with Crippen LogP contribution in [0.3, 0.4) is 0 Å². The lowest BCUT2D eigenvalue weighted by Crippen LogP contribution is -2.33. The molecule has 1 aliphatic heterocycles. The zero-order valence-corrected chi connectivity index (χ0v) is 16.1. The van der Waals surface area contributed by atoms with Crippen LogP contribution in [0, 0.1) is 6.92 Å². The first-order valence-electron chi connectivity index (χ1n) is 9.23. The van der Waals surface area contributed by atoms with Gasteiger partial charge in [-0.25, -0.2) is 4.68 Å². The van der Waals surface area contributed by atoms with E-state index >= 15 is 0 Å². The summed E-state index contributed by atoms with van der Waals surface area (Å²) in [5, 5.41) is 14.2. The summed E-state index contributed by atoms with van der Waals surface area (Å²) >= 11 is 0. The molecule has 2 aromatic carbocycles. The highest BCUT2D eigenvalue weighted by Crippen LogP contribution is 2.33. The van der Waals surface area contributed by atoms with Crippen LogP contribution in [-0.2, 0) is 9.59 Å². The molecule has 1 aromatic heterocycles. The predicted octanol–water partition coefficient (Wildman–Crippen LogP) is 2.87. The van der Waals surface area contributed by atoms with E-state index in [1.54, 1.807) is 15.8 Å². The summed E-state index contributed by atoms with van der Waals surface area (Å²) in [4.78, 5) is 26.6. The van der Waals surface area contributed by atoms with Crippen molar-refractivity contribution < 1.29 is 9.59 Å². The number of carbonyl (C=O) groups is 2. The van der Waals surface area contributed by atoms with Gasteiger partial charge in [0.15, 0.2) is 0 Å². The maximum atomic E-state index is 12.9. The minimum absolute atomic E-state index is 0.106. The maximum Gasteiger partial charge on any atom is 0.226 e. The van der Waals surface area contributed by atoms with E-state index in [9.17, 15) is 9.59 Å². The van der Waals surface area contributed by atoms with Gasteiger partial charge in [0.05, 0.1) is 18.2 Å². The third-order valence-corrected chi connectivity index (χ3v) is 5.02. The molecule has 0 bridgehead atoms. The molecule has 8 nitrogen and oxygen atoms in total. The topological polar surface area (TPSA) is 93.0 Å². The van der Waals surface area contributed by atoms with Gasteiger partial charge >= 0.3 is 0 Å². The van der Waals surface area contributed by atoms with Crippen LogP contribution in [0.15, 0.2) is 55.0 Å². The van der Waals surface area contributed by atoms with Crippen molar-refractivity contribution in [2.24, 2.45) is 0 Å². The van der Waals surface area contributed by atoms with Gasteiger partial charge in [0, 0.05) is 18.8 Å². The molecule has 146 valence electrons. The molecule has 1 atom stereocenters. The third-order valence-electron chi connectivity index (χ3n) is 5.02. The number of rotatable bonds is 4. The molecule has 8 heteroatoms. The van der Waals surface area contributed by atoms with Crippen LogP contribution < -0.4 is 5.32 Å². The second-order valence-corrected chi connectivity index (χ2v) is 6.84. The van der Waals surface area contributed by atoms with Crippen molar-refractivity contribution in [1.29, 1.82) is 0 Å². The van der Waals surface area contributed by atoms with Crippen molar-refractivity contribution in [2.45, 2.75) is 26.3 Å². The fraction of sp³-hybridized carbons (Fsp3) is 0.190. The predicted molar refractivity (Wildman–Crippen MR) is 108 cm³/mol. The van der Waals surface area contributed by atoms with Crippen molar-refractivity contribution >= 4 is 23.6 Å². The lowest BCUT2D eigenvalue weighted by Gasteiger charge is -2.32. The third kappa shape index (κ3) is 3.64. The van der Waals surface area contributed by atoms with Crippen LogP contribution in [0.1, 0.15) is 36.1 Å². The summed E-state index contributed by atoms with van der Waals surface area (Å²) in [6.45, 7) is 3.40. The molecular weight excluding hydrogens is 368 g/mol. The van der Waals surface area contributed by atoms with E-state index in [0.717, 1.165) is 22.4 Å². The number of hydrogen-bond donors (Lipinski definition) is 1. The zero-order valence-electron chi connectivity index (χ0n) is 16.1. The average Bonchev–Trinajstić information content (AvgIpc) is 3.24. The van der Waals surface area contributed by atoms with Crippen molar-refractivity contribution in [3.63, 3.8) is 0 Å². The molecule has 0 saturated heterocycles. The summed E-state index contributed by atoms with van der Waals surface area (Å²) in [6, 6.07) is 13.0. The molecular formula is C21H20N6O2. The molecule has 0 saturated carbocycles. The number of aromatic nitrogens is 4. The summed E-state index contributed by atoms with van der Waals surface area (Å²) in [6.07, 6.45) is 5.29. The monoisotopic (exact) mass is 388 g/mol. The molecule has 0 unspecified atom stereocenters. The van der Waals surface area contributed by atoms with Crippen LogP contribution in [0.2, 0.25) is 0 Å². The normalized spacial score (nSPS) is 15.1. The van der Waals surface area contributed by atoms with Gasteiger partial charge in [0.2, 0.25) is 11.8 Å². The van der Waals surface area contributed by atoms with Gasteiger partial charge < -0.3 is 10.2 Å². The van der Waals surface area contributed by atoms with Gasteiger partial charge in [-0.2, -0.15) is 0 Å². The number of carbonyl (C=O) groups excluding carboxylic acids is 2. The highest BCUT2D eigenvalue weighted by Gasteiger charge is 2.28. The molecule has 1 N–H and O–H groups in total. The lowest BCUT2D eigenvalue weighted by molar-refractivity contribution is -0.129. The van der Waals surface area contributed by atoms with Gasteiger partial charge in [-0.1, -0.05) is 30.3 Å². The SMILES string of the molecule is CC(=O)N1C=Cc2ccccc2[C@@H]1CC(=O)Nc1cccc(-n2cnnn2)c1C. The number of amides is 2. The van der Waals surface area contributed by atoms with E-state index < -0.39 is 0 Å². The first kappa shape index (κ1) is 18.5. The molecule has 3 aromatic rings. The maximum absolute atomic E-state index is 12.9. The van der Waals surface area contributed by atoms with Crippen LogP contribution in [0.5, 0.6) is 0 Å². The van der Waals surface area contributed by atoms with E-state index in [-0.39, 0.29) is 24.3 Å². The largest absolute Gasteiger partial charge is 0.326 e. The molecule has 0 spiro atoms. The van der Waals surface area contributed by atoms with E-state index in [2.05, 4.69) is 20.8 Å².